The number of halogens is 1. The van der Waals surface area contributed by atoms with Crippen molar-refractivity contribution in [2.45, 2.75) is 6.42 Å². The van der Waals surface area contributed by atoms with E-state index in [1.54, 1.807) is 36.4 Å². The molecule has 0 aliphatic rings. The van der Waals surface area contributed by atoms with Crippen LogP contribution in [0.5, 0.6) is 11.5 Å². The van der Waals surface area contributed by atoms with Crippen molar-refractivity contribution >= 4 is 29.4 Å². The first-order chi connectivity index (χ1) is 11.0. The van der Waals surface area contributed by atoms with Crippen molar-refractivity contribution < 1.29 is 14.6 Å². The van der Waals surface area contributed by atoms with E-state index in [4.69, 9.17) is 22.1 Å². The number of methoxy groups -OCH3 is 1. The number of rotatable bonds is 5. The number of carbonyl (C=O) groups is 1. The molecule has 6 nitrogen and oxygen atoms in total. The summed E-state index contributed by atoms with van der Waals surface area (Å²) in [4.78, 5) is 11.8. The lowest BCUT2D eigenvalue weighted by atomic mass is 10.1. The minimum Gasteiger partial charge on any atom is -0.503 e. The molecule has 4 N–H and O–H groups in total. The highest BCUT2D eigenvalue weighted by molar-refractivity contribution is 6.34. The van der Waals surface area contributed by atoms with Gasteiger partial charge in [-0.05, 0) is 29.8 Å². The molecule has 2 rings (SSSR count). The molecule has 0 heterocycles. The highest BCUT2D eigenvalue weighted by Crippen LogP contribution is 2.35. The molecule has 0 atom stereocenters. The Kier molecular flexibility index (Phi) is 5.43. The zero-order valence-electron chi connectivity index (χ0n) is 12.4. The minimum atomic E-state index is -0.278. The SMILES string of the molecule is COc1ccc(/C=N\NC(=O)Cc2ccc(N)cc2)c(Cl)c1O. The molecule has 23 heavy (non-hydrogen) atoms. The van der Waals surface area contributed by atoms with Gasteiger partial charge in [0, 0.05) is 11.3 Å². The summed E-state index contributed by atoms with van der Waals surface area (Å²) in [5.74, 6) is -0.189. The number of anilines is 1. The Morgan fingerprint density at radius 2 is 2.04 bits per heavy atom. The number of aromatic hydroxyl groups is 1. The first kappa shape index (κ1) is 16.6. The molecule has 2 aromatic rings. The number of hydrogen-bond donors (Lipinski definition) is 3. The van der Waals surface area contributed by atoms with E-state index in [9.17, 15) is 9.90 Å². The number of carbonyl (C=O) groups excluding carboxylic acids is 1. The largest absolute Gasteiger partial charge is 0.503 e. The highest BCUT2D eigenvalue weighted by atomic mass is 35.5. The maximum atomic E-state index is 11.8. The molecule has 0 spiro atoms. The summed E-state index contributed by atoms with van der Waals surface area (Å²) in [6.45, 7) is 0. The number of phenols is 1. The maximum Gasteiger partial charge on any atom is 0.244 e. The van der Waals surface area contributed by atoms with Crippen molar-refractivity contribution in [1.82, 2.24) is 5.43 Å². The van der Waals surface area contributed by atoms with E-state index in [-0.39, 0.29) is 28.8 Å². The summed E-state index contributed by atoms with van der Waals surface area (Å²) in [6, 6.07) is 10.2. The van der Waals surface area contributed by atoms with Crippen LogP contribution in [0.3, 0.4) is 0 Å². The van der Waals surface area contributed by atoms with Crippen LogP contribution >= 0.6 is 11.6 Å². The average Bonchev–Trinajstić information content (AvgIpc) is 2.54. The molecule has 0 radical (unpaired) electrons. The van der Waals surface area contributed by atoms with Gasteiger partial charge in [-0.2, -0.15) is 5.10 Å². The van der Waals surface area contributed by atoms with E-state index in [1.165, 1.54) is 13.3 Å². The maximum absolute atomic E-state index is 11.8. The number of phenolic OH excluding ortho intramolecular Hbond substituents is 1. The third kappa shape index (κ3) is 4.37. The molecule has 0 aliphatic heterocycles. The lowest BCUT2D eigenvalue weighted by Gasteiger charge is -2.06. The molecule has 0 saturated carbocycles. The number of hydrogen-bond acceptors (Lipinski definition) is 5. The van der Waals surface area contributed by atoms with Crippen LogP contribution in [0.25, 0.3) is 0 Å². The van der Waals surface area contributed by atoms with Gasteiger partial charge in [0.1, 0.15) is 0 Å². The van der Waals surface area contributed by atoms with E-state index in [0.717, 1.165) is 5.56 Å². The monoisotopic (exact) mass is 333 g/mol. The van der Waals surface area contributed by atoms with Gasteiger partial charge in [-0.1, -0.05) is 23.7 Å². The summed E-state index contributed by atoms with van der Waals surface area (Å²) in [5.41, 5.74) is 9.90. The number of nitrogens with zero attached hydrogens (tertiary/aromatic N) is 1. The zero-order valence-corrected chi connectivity index (χ0v) is 13.2. The number of nitrogen functional groups attached to an aromatic ring is 1. The molecule has 0 bridgehead atoms. The molecule has 7 heteroatoms. The van der Waals surface area contributed by atoms with Gasteiger partial charge in [0.05, 0.1) is 24.8 Å². The van der Waals surface area contributed by atoms with Crippen LogP contribution in [-0.2, 0) is 11.2 Å². The predicted molar refractivity (Wildman–Crippen MR) is 90.0 cm³/mol. The number of benzene rings is 2. The number of nitrogens with two attached hydrogens (primary N) is 1. The normalized spacial score (nSPS) is 10.7. The molecule has 0 unspecified atom stereocenters. The van der Waals surface area contributed by atoms with Crippen molar-refractivity contribution in [3.8, 4) is 11.5 Å². The Balaban J connectivity index is 1.97. The smallest absolute Gasteiger partial charge is 0.244 e. The second-order valence-corrected chi connectivity index (χ2v) is 5.11. The van der Waals surface area contributed by atoms with Gasteiger partial charge in [-0.15, -0.1) is 0 Å². The molecule has 2 aromatic carbocycles. The quantitative estimate of drug-likeness (QED) is 0.444. The minimum absolute atomic E-state index is 0.0980. The van der Waals surface area contributed by atoms with Crippen molar-refractivity contribution in [3.05, 3.63) is 52.5 Å². The summed E-state index contributed by atoms with van der Waals surface area (Å²) >= 11 is 5.99. The van der Waals surface area contributed by atoms with E-state index < -0.39 is 0 Å². The van der Waals surface area contributed by atoms with Crippen LogP contribution < -0.4 is 15.9 Å². The highest BCUT2D eigenvalue weighted by Gasteiger charge is 2.10. The Morgan fingerprint density at radius 3 is 2.70 bits per heavy atom. The Hall–Kier alpha value is -2.73. The summed E-state index contributed by atoms with van der Waals surface area (Å²) in [7, 11) is 1.43. The molecule has 0 aromatic heterocycles. The van der Waals surface area contributed by atoms with Crippen molar-refractivity contribution in [1.29, 1.82) is 0 Å². The Labute approximate surface area is 138 Å². The summed E-state index contributed by atoms with van der Waals surface area (Å²) in [6.07, 6.45) is 1.53. The van der Waals surface area contributed by atoms with Gasteiger partial charge < -0.3 is 15.6 Å². The standard InChI is InChI=1S/C16H16ClN3O3/c1-23-13-7-4-11(15(17)16(13)22)9-19-20-14(21)8-10-2-5-12(18)6-3-10/h2-7,9,22H,8,18H2,1H3,(H,20,21)/b19-9-. The molecular weight excluding hydrogens is 318 g/mol. The van der Waals surface area contributed by atoms with Crippen LogP contribution in [0.15, 0.2) is 41.5 Å². The number of nitrogens with one attached hydrogen (secondary N) is 1. The second-order valence-electron chi connectivity index (χ2n) is 4.73. The van der Waals surface area contributed by atoms with Gasteiger partial charge in [-0.25, -0.2) is 5.43 Å². The van der Waals surface area contributed by atoms with Crippen LogP contribution in [-0.4, -0.2) is 24.3 Å². The topological polar surface area (TPSA) is 96.9 Å². The number of amides is 1. The van der Waals surface area contributed by atoms with Crippen LogP contribution in [0.2, 0.25) is 5.02 Å². The fraction of sp³-hybridized carbons (Fsp3) is 0.125. The molecular formula is C16H16ClN3O3. The van der Waals surface area contributed by atoms with Gasteiger partial charge in [0.15, 0.2) is 11.5 Å². The van der Waals surface area contributed by atoms with Gasteiger partial charge in [0.25, 0.3) is 0 Å². The first-order valence-corrected chi connectivity index (χ1v) is 7.11. The van der Waals surface area contributed by atoms with Crippen LogP contribution in [0.4, 0.5) is 5.69 Å². The number of ether oxygens (including phenoxy) is 1. The molecule has 0 saturated heterocycles. The first-order valence-electron chi connectivity index (χ1n) is 6.73. The Morgan fingerprint density at radius 1 is 1.35 bits per heavy atom. The van der Waals surface area contributed by atoms with Gasteiger partial charge in [0.2, 0.25) is 5.91 Å². The molecule has 1 amide bonds. The van der Waals surface area contributed by atoms with E-state index in [1.807, 2.05) is 0 Å². The van der Waals surface area contributed by atoms with Crippen LogP contribution in [0, 0.1) is 0 Å². The molecule has 0 fully saturated rings. The van der Waals surface area contributed by atoms with E-state index >= 15 is 0 Å². The van der Waals surface area contributed by atoms with E-state index in [0.29, 0.717) is 11.3 Å². The van der Waals surface area contributed by atoms with Crippen molar-refractivity contribution in [3.63, 3.8) is 0 Å². The second kappa shape index (κ2) is 7.51. The van der Waals surface area contributed by atoms with Gasteiger partial charge >= 0.3 is 0 Å². The third-order valence-electron chi connectivity index (χ3n) is 3.07. The molecule has 0 aliphatic carbocycles. The Bertz CT molecular complexity index is 730. The van der Waals surface area contributed by atoms with Crippen LogP contribution in [0.1, 0.15) is 11.1 Å². The average molecular weight is 334 g/mol. The summed E-state index contributed by atoms with van der Waals surface area (Å²) in [5, 5.41) is 13.7. The third-order valence-corrected chi connectivity index (χ3v) is 3.46. The fourth-order valence-electron chi connectivity index (χ4n) is 1.86. The zero-order chi connectivity index (χ0) is 16.8. The van der Waals surface area contributed by atoms with E-state index in [2.05, 4.69) is 10.5 Å². The number of hydrazone groups is 1. The fourth-order valence-corrected chi connectivity index (χ4v) is 2.07. The molecule has 120 valence electrons. The van der Waals surface area contributed by atoms with Gasteiger partial charge in [-0.3, -0.25) is 4.79 Å². The summed E-state index contributed by atoms with van der Waals surface area (Å²) < 4.78 is 4.94. The predicted octanol–water partition coefficient (Wildman–Crippen LogP) is 2.33. The lowest BCUT2D eigenvalue weighted by Crippen LogP contribution is -2.19. The van der Waals surface area contributed by atoms with Crippen molar-refractivity contribution in [2.24, 2.45) is 5.10 Å². The lowest BCUT2D eigenvalue weighted by molar-refractivity contribution is -0.120. The van der Waals surface area contributed by atoms with Crippen molar-refractivity contribution in [2.75, 3.05) is 12.8 Å².